The lowest BCUT2D eigenvalue weighted by Crippen LogP contribution is -2.60. The quantitative estimate of drug-likeness (QED) is 0.0264. The lowest BCUT2D eigenvalue weighted by Gasteiger charge is -2.40. The molecule has 52 heavy (non-hydrogen) atoms. The standard InChI is InChI=1S/C42H81NO9/c1-3-5-7-9-11-13-15-17-19-21-23-25-27-29-31-36(46)41(50)43-34(33-51-42-40(49)39(48)38(47)37(32-44)52-42)35(45)30-28-26-24-22-20-18-16-14-12-10-8-6-4-2/h13,15,34-40,42,44-49H,3-12,14,16-33H2,1-2H3,(H,43,50)/b15-13-. The van der Waals surface area contributed by atoms with Crippen molar-refractivity contribution in [2.75, 3.05) is 13.2 Å². The van der Waals surface area contributed by atoms with E-state index in [2.05, 4.69) is 31.3 Å². The van der Waals surface area contributed by atoms with Crippen LogP contribution in [0.25, 0.3) is 0 Å². The molecule has 0 bridgehead atoms. The van der Waals surface area contributed by atoms with Crippen molar-refractivity contribution in [2.45, 2.75) is 236 Å². The molecule has 8 atom stereocenters. The minimum absolute atomic E-state index is 0.255. The zero-order valence-electron chi connectivity index (χ0n) is 33.2. The van der Waals surface area contributed by atoms with Gasteiger partial charge in [-0.1, -0.05) is 161 Å². The fraction of sp³-hybridized carbons (Fsp3) is 0.929. The van der Waals surface area contributed by atoms with Gasteiger partial charge in [0.25, 0.3) is 0 Å². The summed E-state index contributed by atoms with van der Waals surface area (Å²) in [5, 5.41) is 64.6. The summed E-state index contributed by atoms with van der Waals surface area (Å²) >= 11 is 0. The number of aliphatic hydroxyl groups is 6. The summed E-state index contributed by atoms with van der Waals surface area (Å²) in [6.45, 7) is 3.63. The van der Waals surface area contributed by atoms with E-state index in [9.17, 15) is 35.4 Å². The molecule has 0 aliphatic carbocycles. The van der Waals surface area contributed by atoms with E-state index in [0.29, 0.717) is 12.8 Å². The Morgan fingerprint density at radius 1 is 0.635 bits per heavy atom. The van der Waals surface area contributed by atoms with Crippen LogP contribution in [0.4, 0.5) is 0 Å². The first-order valence-electron chi connectivity index (χ1n) is 21.5. The van der Waals surface area contributed by atoms with Crippen LogP contribution < -0.4 is 5.32 Å². The highest BCUT2D eigenvalue weighted by Gasteiger charge is 2.44. The fourth-order valence-corrected chi connectivity index (χ4v) is 6.87. The topological polar surface area (TPSA) is 169 Å². The number of amides is 1. The Bertz CT molecular complexity index is 844. The Balaban J connectivity index is 2.44. The van der Waals surface area contributed by atoms with E-state index >= 15 is 0 Å². The molecule has 1 fully saturated rings. The van der Waals surface area contributed by atoms with Gasteiger partial charge in [-0.2, -0.15) is 0 Å². The van der Waals surface area contributed by atoms with E-state index in [1.54, 1.807) is 0 Å². The number of hydrogen-bond donors (Lipinski definition) is 7. The normalized spacial score (nSPS) is 22.5. The maximum atomic E-state index is 13.0. The molecule has 0 spiro atoms. The van der Waals surface area contributed by atoms with Gasteiger partial charge in [0.1, 0.15) is 30.5 Å². The second-order valence-corrected chi connectivity index (χ2v) is 15.3. The summed E-state index contributed by atoms with van der Waals surface area (Å²) in [5.74, 6) is -0.590. The first kappa shape index (κ1) is 48.9. The molecule has 0 radical (unpaired) electrons. The van der Waals surface area contributed by atoms with E-state index in [4.69, 9.17) is 9.47 Å². The molecule has 0 aromatic heterocycles. The Kier molecular flexibility index (Phi) is 31.3. The number of nitrogens with one attached hydrogen (secondary N) is 1. The monoisotopic (exact) mass is 744 g/mol. The highest BCUT2D eigenvalue weighted by molar-refractivity contribution is 5.80. The van der Waals surface area contributed by atoms with Crippen LogP contribution in [0.2, 0.25) is 0 Å². The molecule has 0 aromatic rings. The average molecular weight is 744 g/mol. The first-order valence-corrected chi connectivity index (χ1v) is 21.5. The number of carbonyl (C=O) groups is 1. The van der Waals surface area contributed by atoms with Gasteiger partial charge < -0.3 is 45.4 Å². The third-order valence-corrected chi connectivity index (χ3v) is 10.5. The molecule has 1 saturated heterocycles. The fourth-order valence-electron chi connectivity index (χ4n) is 6.87. The van der Waals surface area contributed by atoms with Crippen LogP contribution in [-0.2, 0) is 14.3 Å². The molecule has 0 aromatic carbocycles. The van der Waals surface area contributed by atoms with Crippen molar-refractivity contribution in [3.8, 4) is 0 Å². The van der Waals surface area contributed by atoms with Gasteiger partial charge in [-0.05, 0) is 38.5 Å². The molecular formula is C42H81NO9. The summed E-state index contributed by atoms with van der Waals surface area (Å²) in [5.41, 5.74) is 0. The highest BCUT2D eigenvalue weighted by Crippen LogP contribution is 2.23. The van der Waals surface area contributed by atoms with E-state index in [1.165, 1.54) is 103 Å². The number of allylic oxidation sites excluding steroid dienone is 2. The zero-order chi connectivity index (χ0) is 38.2. The molecule has 1 rings (SSSR count). The second kappa shape index (κ2) is 33.2. The molecule has 1 aliphatic heterocycles. The second-order valence-electron chi connectivity index (χ2n) is 15.3. The molecule has 0 saturated carbocycles. The molecule has 1 aliphatic rings. The number of carbonyl (C=O) groups excluding carboxylic acids is 1. The maximum Gasteiger partial charge on any atom is 0.249 e. The predicted octanol–water partition coefficient (Wildman–Crippen LogP) is 7.14. The molecule has 8 unspecified atom stereocenters. The number of aliphatic hydroxyl groups excluding tert-OH is 6. The van der Waals surface area contributed by atoms with E-state index in [-0.39, 0.29) is 6.61 Å². The Hall–Kier alpha value is -1.11. The Morgan fingerprint density at radius 3 is 1.58 bits per heavy atom. The van der Waals surface area contributed by atoms with Crippen LogP contribution in [0.5, 0.6) is 0 Å². The third kappa shape index (κ3) is 23.6. The van der Waals surface area contributed by atoms with Crippen molar-refractivity contribution in [2.24, 2.45) is 0 Å². The van der Waals surface area contributed by atoms with E-state index < -0.39 is 61.5 Å². The first-order chi connectivity index (χ1) is 25.3. The van der Waals surface area contributed by atoms with Gasteiger partial charge in [0.15, 0.2) is 6.29 Å². The number of hydrogen-bond acceptors (Lipinski definition) is 9. The molecule has 7 N–H and O–H groups in total. The van der Waals surface area contributed by atoms with Gasteiger partial charge in [-0.3, -0.25) is 4.79 Å². The average Bonchev–Trinajstić information content (AvgIpc) is 3.14. The SMILES string of the molecule is CCCCCC/C=C\CCCCCCCCC(O)C(=O)NC(COC1OC(CO)C(O)C(O)C1O)C(O)CCCCCCCCCCCCCCC. The third-order valence-electron chi connectivity index (χ3n) is 10.5. The van der Waals surface area contributed by atoms with Crippen molar-refractivity contribution < 1.29 is 44.9 Å². The van der Waals surface area contributed by atoms with Crippen molar-refractivity contribution in [3.63, 3.8) is 0 Å². The summed E-state index contributed by atoms with van der Waals surface area (Å²) < 4.78 is 11.2. The van der Waals surface area contributed by atoms with Gasteiger partial charge in [-0.25, -0.2) is 0 Å². The molecule has 308 valence electrons. The zero-order valence-corrected chi connectivity index (χ0v) is 33.2. The van der Waals surface area contributed by atoms with E-state index in [0.717, 1.165) is 57.8 Å². The molecule has 10 nitrogen and oxygen atoms in total. The Labute approximate surface area is 317 Å². The lowest BCUT2D eigenvalue weighted by atomic mass is 9.99. The van der Waals surface area contributed by atoms with Crippen LogP contribution in [-0.4, -0.2) is 98.7 Å². The van der Waals surface area contributed by atoms with Crippen molar-refractivity contribution in [3.05, 3.63) is 12.2 Å². The van der Waals surface area contributed by atoms with Gasteiger partial charge in [0, 0.05) is 0 Å². The summed E-state index contributed by atoms with van der Waals surface area (Å²) in [4.78, 5) is 13.0. The van der Waals surface area contributed by atoms with Gasteiger partial charge >= 0.3 is 0 Å². The van der Waals surface area contributed by atoms with Crippen LogP contribution in [0.1, 0.15) is 187 Å². The molecule has 10 heteroatoms. The minimum atomic E-state index is -1.59. The summed E-state index contributed by atoms with van der Waals surface area (Å²) in [7, 11) is 0. The summed E-state index contributed by atoms with van der Waals surface area (Å²) in [6, 6.07) is -0.891. The van der Waals surface area contributed by atoms with Crippen LogP contribution >= 0.6 is 0 Å². The minimum Gasteiger partial charge on any atom is -0.394 e. The smallest absolute Gasteiger partial charge is 0.249 e. The Morgan fingerprint density at radius 2 is 1.08 bits per heavy atom. The van der Waals surface area contributed by atoms with Crippen LogP contribution in [0.15, 0.2) is 12.2 Å². The van der Waals surface area contributed by atoms with Crippen LogP contribution in [0.3, 0.4) is 0 Å². The number of ether oxygens (including phenoxy) is 2. The number of unbranched alkanes of at least 4 members (excludes halogenated alkanes) is 22. The van der Waals surface area contributed by atoms with Crippen molar-refractivity contribution in [1.29, 1.82) is 0 Å². The van der Waals surface area contributed by atoms with E-state index in [1.807, 2.05) is 0 Å². The largest absolute Gasteiger partial charge is 0.394 e. The predicted molar refractivity (Wildman–Crippen MR) is 209 cm³/mol. The number of rotatable bonds is 35. The van der Waals surface area contributed by atoms with Crippen molar-refractivity contribution in [1.82, 2.24) is 5.32 Å². The van der Waals surface area contributed by atoms with Crippen LogP contribution in [0, 0.1) is 0 Å². The van der Waals surface area contributed by atoms with Gasteiger partial charge in [0.05, 0.1) is 25.4 Å². The summed E-state index contributed by atoms with van der Waals surface area (Å²) in [6.07, 6.45) is 25.4. The molecule has 1 amide bonds. The lowest BCUT2D eigenvalue weighted by molar-refractivity contribution is -0.302. The highest BCUT2D eigenvalue weighted by atomic mass is 16.7. The maximum absolute atomic E-state index is 13.0. The van der Waals surface area contributed by atoms with Crippen molar-refractivity contribution >= 4 is 5.91 Å². The molecular weight excluding hydrogens is 662 g/mol. The van der Waals surface area contributed by atoms with Gasteiger partial charge in [-0.15, -0.1) is 0 Å². The molecule has 1 heterocycles. The van der Waals surface area contributed by atoms with Gasteiger partial charge in [0.2, 0.25) is 5.91 Å².